The third kappa shape index (κ3) is 4.14. The molecule has 1 aromatic heterocycles. The van der Waals surface area contributed by atoms with Gasteiger partial charge in [0, 0.05) is 10.4 Å². The van der Waals surface area contributed by atoms with Gasteiger partial charge in [0.05, 0.1) is 12.2 Å². The molecule has 0 bridgehead atoms. The molecule has 0 radical (unpaired) electrons. The second-order valence-corrected chi connectivity index (χ2v) is 7.04. The van der Waals surface area contributed by atoms with Crippen molar-refractivity contribution in [3.63, 3.8) is 0 Å². The Balaban J connectivity index is 2.08. The molecule has 4 heteroatoms. The molecule has 0 aliphatic carbocycles. The predicted octanol–water partition coefficient (Wildman–Crippen LogP) is 6.10. The highest BCUT2D eigenvalue weighted by atomic mass is 32.1. The molecular weight excluding hydrogens is 344 g/mol. The first-order valence-electron chi connectivity index (χ1n) is 8.84. The number of fused-ring (bicyclic) bond motifs is 1. The minimum Gasteiger partial charge on any atom is -0.493 e. The SMILES string of the molecule is CCCCCOc1ccc2ccccc2c1/C=C(/C(=O)O)c1cccs1. The first kappa shape index (κ1) is 18.2. The van der Waals surface area contributed by atoms with Crippen molar-refractivity contribution in [2.24, 2.45) is 0 Å². The molecule has 3 rings (SSSR count). The van der Waals surface area contributed by atoms with E-state index in [-0.39, 0.29) is 5.57 Å². The van der Waals surface area contributed by atoms with Crippen LogP contribution in [0.4, 0.5) is 0 Å². The summed E-state index contributed by atoms with van der Waals surface area (Å²) in [6.07, 6.45) is 4.98. The molecule has 0 aliphatic rings. The minimum absolute atomic E-state index is 0.287. The molecule has 0 saturated heterocycles. The Morgan fingerprint density at radius 1 is 1.12 bits per heavy atom. The molecule has 0 unspecified atom stereocenters. The lowest BCUT2D eigenvalue weighted by Gasteiger charge is -2.13. The van der Waals surface area contributed by atoms with Crippen molar-refractivity contribution in [1.82, 2.24) is 0 Å². The maximum atomic E-state index is 11.8. The van der Waals surface area contributed by atoms with Crippen LogP contribution in [-0.2, 0) is 4.79 Å². The van der Waals surface area contributed by atoms with Crippen LogP contribution in [0.2, 0.25) is 0 Å². The summed E-state index contributed by atoms with van der Waals surface area (Å²) in [5.74, 6) is -0.201. The van der Waals surface area contributed by atoms with Crippen LogP contribution in [0.15, 0.2) is 53.9 Å². The van der Waals surface area contributed by atoms with Crippen molar-refractivity contribution in [2.45, 2.75) is 26.2 Å². The van der Waals surface area contributed by atoms with Crippen LogP contribution in [0.5, 0.6) is 5.75 Å². The summed E-state index contributed by atoms with van der Waals surface area (Å²) in [4.78, 5) is 12.6. The summed E-state index contributed by atoms with van der Waals surface area (Å²) >= 11 is 1.42. The minimum atomic E-state index is -0.933. The van der Waals surface area contributed by atoms with Crippen molar-refractivity contribution in [3.05, 3.63) is 64.4 Å². The van der Waals surface area contributed by atoms with Crippen LogP contribution in [-0.4, -0.2) is 17.7 Å². The highest BCUT2D eigenvalue weighted by Crippen LogP contribution is 2.33. The Kier molecular flexibility index (Phi) is 6.08. The fourth-order valence-electron chi connectivity index (χ4n) is 2.90. The molecule has 0 amide bonds. The van der Waals surface area contributed by atoms with Crippen molar-refractivity contribution < 1.29 is 14.6 Å². The number of carboxylic acids is 1. The summed E-state index contributed by atoms with van der Waals surface area (Å²) in [7, 11) is 0. The lowest BCUT2D eigenvalue weighted by atomic mass is 10.0. The molecule has 0 aliphatic heterocycles. The molecule has 134 valence electrons. The van der Waals surface area contributed by atoms with E-state index in [0.29, 0.717) is 6.61 Å². The second kappa shape index (κ2) is 8.68. The number of thiophene rings is 1. The lowest BCUT2D eigenvalue weighted by Crippen LogP contribution is -2.01. The number of ether oxygens (including phenoxy) is 1. The van der Waals surface area contributed by atoms with Crippen LogP contribution < -0.4 is 4.74 Å². The monoisotopic (exact) mass is 366 g/mol. The molecule has 0 spiro atoms. The normalized spacial score (nSPS) is 11.7. The van der Waals surface area contributed by atoms with E-state index in [0.717, 1.165) is 46.2 Å². The standard InChI is InChI=1S/C22H22O3S/c1-2-3-6-13-25-20-12-11-16-8-4-5-9-17(16)18(20)15-19(22(23)24)21-10-7-14-26-21/h4-5,7-12,14-15H,2-3,6,13H2,1H3,(H,23,24)/b19-15+. The van der Waals surface area contributed by atoms with Gasteiger partial charge in [-0.3, -0.25) is 0 Å². The molecular formula is C22H22O3S. The fraction of sp³-hybridized carbons (Fsp3) is 0.227. The molecule has 0 atom stereocenters. The third-order valence-electron chi connectivity index (χ3n) is 4.24. The van der Waals surface area contributed by atoms with Gasteiger partial charge < -0.3 is 9.84 Å². The number of unbranched alkanes of at least 4 members (excludes halogenated alkanes) is 2. The summed E-state index contributed by atoms with van der Waals surface area (Å²) in [6.45, 7) is 2.79. The van der Waals surface area contributed by atoms with Crippen LogP contribution in [0.3, 0.4) is 0 Å². The number of benzene rings is 2. The van der Waals surface area contributed by atoms with E-state index in [1.807, 2.05) is 53.9 Å². The molecule has 0 saturated carbocycles. The van der Waals surface area contributed by atoms with Crippen LogP contribution in [0, 0.1) is 0 Å². The average molecular weight is 366 g/mol. The van der Waals surface area contributed by atoms with E-state index >= 15 is 0 Å². The van der Waals surface area contributed by atoms with E-state index in [1.54, 1.807) is 6.08 Å². The van der Waals surface area contributed by atoms with Gasteiger partial charge in [0.2, 0.25) is 0 Å². The van der Waals surface area contributed by atoms with Gasteiger partial charge in [0.15, 0.2) is 0 Å². The molecule has 2 aromatic carbocycles. The largest absolute Gasteiger partial charge is 0.493 e. The summed E-state index contributed by atoms with van der Waals surface area (Å²) < 4.78 is 6.01. The lowest BCUT2D eigenvalue weighted by molar-refractivity contribution is -0.130. The first-order valence-corrected chi connectivity index (χ1v) is 9.72. The Labute approximate surface area is 157 Å². The highest BCUT2D eigenvalue weighted by Gasteiger charge is 2.15. The van der Waals surface area contributed by atoms with Gasteiger partial charge in [-0.2, -0.15) is 0 Å². The van der Waals surface area contributed by atoms with Gasteiger partial charge in [0.1, 0.15) is 5.75 Å². The van der Waals surface area contributed by atoms with Crippen molar-refractivity contribution in [1.29, 1.82) is 0 Å². The molecule has 26 heavy (non-hydrogen) atoms. The van der Waals surface area contributed by atoms with Gasteiger partial charge in [-0.15, -0.1) is 11.3 Å². The second-order valence-electron chi connectivity index (χ2n) is 6.09. The maximum absolute atomic E-state index is 11.8. The summed E-state index contributed by atoms with van der Waals surface area (Å²) in [5.41, 5.74) is 1.11. The number of carboxylic acid groups (broad SMARTS) is 1. The molecule has 3 aromatic rings. The van der Waals surface area contributed by atoms with Crippen LogP contribution >= 0.6 is 11.3 Å². The quantitative estimate of drug-likeness (QED) is 0.387. The van der Waals surface area contributed by atoms with Crippen molar-refractivity contribution in [2.75, 3.05) is 6.61 Å². The Morgan fingerprint density at radius 2 is 1.96 bits per heavy atom. The zero-order valence-corrected chi connectivity index (χ0v) is 15.6. The van der Waals surface area contributed by atoms with Gasteiger partial charge in [-0.25, -0.2) is 4.79 Å². The van der Waals surface area contributed by atoms with Crippen LogP contribution in [0.1, 0.15) is 36.6 Å². The third-order valence-corrected chi connectivity index (χ3v) is 5.15. The summed E-state index contributed by atoms with van der Waals surface area (Å²) in [5, 5.41) is 13.7. The van der Waals surface area contributed by atoms with Gasteiger partial charge >= 0.3 is 5.97 Å². The van der Waals surface area contributed by atoms with Crippen molar-refractivity contribution >= 4 is 39.7 Å². The topological polar surface area (TPSA) is 46.5 Å². The smallest absolute Gasteiger partial charge is 0.337 e. The maximum Gasteiger partial charge on any atom is 0.337 e. The molecule has 0 fully saturated rings. The number of carbonyl (C=O) groups is 1. The zero-order chi connectivity index (χ0) is 18.4. The first-order chi connectivity index (χ1) is 12.7. The zero-order valence-electron chi connectivity index (χ0n) is 14.8. The van der Waals surface area contributed by atoms with E-state index < -0.39 is 5.97 Å². The number of aliphatic carboxylic acids is 1. The Morgan fingerprint density at radius 3 is 2.69 bits per heavy atom. The molecule has 1 heterocycles. The number of hydrogen-bond acceptors (Lipinski definition) is 3. The number of rotatable bonds is 8. The van der Waals surface area contributed by atoms with E-state index in [2.05, 4.69) is 6.92 Å². The van der Waals surface area contributed by atoms with Gasteiger partial charge in [0.25, 0.3) is 0 Å². The Hall–Kier alpha value is -2.59. The Bertz CT molecular complexity index is 910. The molecule has 1 N–H and O–H groups in total. The summed E-state index contributed by atoms with van der Waals surface area (Å²) in [6, 6.07) is 15.6. The van der Waals surface area contributed by atoms with Gasteiger partial charge in [-0.1, -0.05) is 56.2 Å². The number of hydrogen-bond donors (Lipinski definition) is 1. The van der Waals surface area contributed by atoms with E-state index in [9.17, 15) is 9.90 Å². The van der Waals surface area contributed by atoms with E-state index in [4.69, 9.17) is 4.74 Å². The highest BCUT2D eigenvalue weighted by molar-refractivity contribution is 7.11. The fourth-order valence-corrected chi connectivity index (χ4v) is 3.63. The van der Waals surface area contributed by atoms with Crippen LogP contribution in [0.25, 0.3) is 22.4 Å². The predicted molar refractivity (Wildman–Crippen MR) is 109 cm³/mol. The van der Waals surface area contributed by atoms with Crippen molar-refractivity contribution in [3.8, 4) is 5.75 Å². The average Bonchev–Trinajstić information content (AvgIpc) is 3.17. The molecule has 3 nitrogen and oxygen atoms in total. The van der Waals surface area contributed by atoms with E-state index in [1.165, 1.54) is 11.3 Å². The van der Waals surface area contributed by atoms with Gasteiger partial charge in [-0.05, 0) is 40.8 Å².